The molecule has 0 bridgehead atoms. The fourth-order valence-electron chi connectivity index (χ4n) is 3.26. The lowest BCUT2D eigenvalue weighted by Gasteiger charge is -2.32. The van der Waals surface area contributed by atoms with Gasteiger partial charge in [0.15, 0.2) is 0 Å². The highest BCUT2D eigenvalue weighted by Crippen LogP contribution is 2.22. The van der Waals surface area contributed by atoms with Crippen molar-refractivity contribution in [3.63, 3.8) is 0 Å². The predicted molar refractivity (Wildman–Crippen MR) is 91.0 cm³/mol. The van der Waals surface area contributed by atoms with E-state index in [1.165, 1.54) is 12.1 Å². The molecule has 6 nitrogen and oxygen atoms in total. The average Bonchev–Trinajstić information content (AvgIpc) is 2.60. The van der Waals surface area contributed by atoms with Gasteiger partial charge in [-0.15, -0.1) is 0 Å². The van der Waals surface area contributed by atoms with Crippen molar-refractivity contribution in [3.8, 4) is 0 Å². The number of hydrogen-bond donors (Lipinski definition) is 2. The van der Waals surface area contributed by atoms with Crippen LogP contribution in [-0.4, -0.2) is 33.9 Å². The average molecular weight is 345 g/mol. The van der Waals surface area contributed by atoms with E-state index in [4.69, 9.17) is 0 Å². The third kappa shape index (κ3) is 4.43. The molecule has 1 atom stereocenters. The van der Waals surface area contributed by atoms with Crippen LogP contribution in [0.3, 0.4) is 0 Å². The number of hydrogen-bond acceptors (Lipinski definition) is 3. The molecule has 0 saturated carbocycles. The second-order valence-corrected chi connectivity index (χ2v) is 6.43. The molecule has 1 saturated heterocycles. The third-order valence-electron chi connectivity index (χ3n) is 4.55. The zero-order valence-corrected chi connectivity index (χ0v) is 13.8. The van der Waals surface area contributed by atoms with Crippen molar-refractivity contribution in [1.82, 2.24) is 14.9 Å². The van der Waals surface area contributed by atoms with Gasteiger partial charge in [-0.2, -0.15) is 0 Å². The van der Waals surface area contributed by atoms with Gasteiger partial charge >= 0.3 is 5.69 Å². The molecule has 1 fully saturated rings. The molecule has 1 aromatic heterocycles. The van der Waals surface area contributed by atoms with Gasteiger partial charge in [0.1, 0.15) is 11.5 Å². The predicted octanol–water partition coefficient (Wildman–Crippen LogP) is 1.69. The van der Waals surface area contributed by atoms with Crippen LogP contribution in [0.5, 0.6) is 0 Å². The Morgan fingerprint density at radius 1 is 1.20 bits per heavy atom. The molecule has 0 spiro atoms. The number of aromatic nitrogens is 2. The van der Waals surface area contributed by atoms with Gasteiger partial charge < -0.3 is 9.88 Å². The molecule has 1 amide bonds. The van der Waals surface area contributed by atoms with Crippen molar-refractivity contribution >= 4 is 5.91 Å². The van der Waals surface area contributed by atoms with Gasteiger partial charge in [0.2, 0.25) is 0 Å². The summed E-state index contributed by atoms with van der Waals surface area (Å²) in [5.41, 5.74) is -0.172. The first-order chi connectivity index (χ1) is 12.0. The van der Waals surface area contributed by atoms with Gasteiger partial charge in [-0.05, 0) is 49.3 Å². The lowest BCUT2D eigenvalue weighted by molar-refractivity contribution is 0.0661. The van der Waals surface area contributed by atoms with Crippen LogP contribution in [0.15, 0.2) is 39.9 Å². The van der Waals surface area contributed by atoms with E-state index in [0.29, 0.717) is 19.0 Å². The second-order valence-electron chi connectivity index (χ2n) is 6.43. The highest BCUT2D eigenvalue weighted by Gasteiger charge is 2.25. The number of aromatic amines is 2. The Morgan fingerprint density at radius 3 is 2.68 bits per heavy atom. The van der Waals surface area contributed by atoms with Gasteiger partial charge in [0.25, 0.3) is 11.5 Å². The van der Waals surface area contributed by atoms with Crippen LogP contribution < -0.4 is 11.2 Å². The van der Waals surface area contributed by atoms with E-state index >= 15 is 0 Å². The molecule has 0 unspecified atom stereocenters. The third-order valence-corrected chi connectivity index (χ3v) is 4.55. The first kappa shape index (κ1) is 17.1. The van der Waals surface area contributed by atoms with Crippen molar-refractivity contribution in [1.29, 1.82) is 0 Å². The Morgan fingerprint density at radius 2 is 1.96 bits per heavy atom. The maximum atomic E-state index is 12.9. The summed E-state index contributed by atoms with van der Waals surface area (Å²) in [5.74, 6) is -0.226. The van der Waals surface area contributed by atoms with Crippen LogP contribution in [0.1, 0.15) is 35.3 Å². The molecule has 2 heterocycles. The highest BCUT2D eigenvalue weighted by molar-refractivity contribution is 5.92. The summed E-state index contributed by atoms with van der Waals surface area (Å²) in [6.07, 6.45) is 3.64. The van der Waals surface area contributed by atoms with Crippen LogP contribution >= 0.6 is 0 Å². The first-order valence-electron chi connectivity index (χ1n) is 8.38. The molecule has 132 valence electrons. The minimum atomic E-state index is -0.680. The fourth-order valence-corrected chi connectivity index (χ4v) is 3.26. The minimum absolute atomic E-state index is 0.0212. The number of H-pyrrole nitrogens is 2. The fraction of sp³-hybridized carbons (Fsp3) is 0.389. The Hall–Kier alpha value is -2.70. The lowest BCUT2D eigenvalue weighted by Crippen LogP contribution is -2.41. The van der Waals surface area contributed by atoms with E-state index < -0.39 is 11.2 Å². The van der Waals surface area contributed by atoms with Gasteiger partial charge in [-0.1, -0.05) is 12.1 Å². The molecule has 0 aliphatic carbocycles. The zero-order chi connectivity index (χ0) is 17.8. The summed E-state index contributed by atoms with van der Waals surface area (Å²) in [6, 6.07) is 7.58. The number of nitrogens with zero attached hydrogens (tertiary/aromatic N) is 1. The lowest BCUT2D eigenvalue weighted by atomic mass is 9.91. The number of amides is 1. The van der Waals surface area contributed by atoms with E-state index in [2.05, 4.69) is 9.97 Å². The SMILES string of the molecule is O=C(c1cc(=O)[nH]c(=O)[nH]1)N1CCC[C@H](CCc2ccc(F)cc2)C1. The molecule has 2 N–H and O–H groups in total. The number of piperidine rings is 1. The molecule has 1 aliphatic heterocycles. The minimum Gasteiger partial charge on any atom is -0.337 e. The Kier molecular flexibility index (Phi) is 5.11. The second kappa shape index (κ2) is 7.46. The van der Waals surface area contributed by atoms with E-state index in [1.54, 1.807) is 17.0 Å². The van der Waals surface area contributed by atoms with Crippen molar-refractivity contribution < 1.29 is 9.18 Å². The smallest absolute Gasteiger partial charge is 0.326 e. The molecule has 3 rings (SSSR count). The van der Waals surface area contributed by atoms with Gasteiger partial charge in [0, 0.05) is 19.2 Å². The number of benzene rings is 1. The molecule has 7 heteroatoms. The van der Waals surface area contributed by atoms with Crippen LogP contribution in [-0.2, 0) is 6.42 Å². The van der Waals surface area contributed by atoms with Crippen LogP contribution in [0.25, 0.3) is 0 Å². The van der Waals surface area contributed by atoms with E-state index in [1.807, 2.05) is 0 Å². The standard InChI is InChI=1S/C18H20FN3O3/c19-14-7-5-12(6-8-14)3-4-13-2-1-9-22(11-13)17(24)15-10-16(23)21-18(25)20-15/h5-8,10,13H,1-4,9,11H2,(H2,20,21,23,25)/t13-/m1/s1. The summed E-state index contributed by atoms with van der Waals surface area (Å²) in [6.45, 7) is 1.20. The highest BCUT2D eigenvalue weighted by atomic mass is 19.1. The molecular formula is C18H20FN3O3. The summed E-state index contributed by atoms with van der Waals surface area (Å²) in [5, 5.41) is 0. The van der Waals surface area contributed by atoms with Crippen LogP contribution in [0.2, 0.25) is 0 Å². The number of likely N-dealkylation sites (tertiary alicyclic amines) is 1. The summed E-state index contributed by atoms with van der Waals surface area (Å²) >= 11 is 0. The number of carbonyl (C=O) groups excluding carboxylic acids is 1. The molecule has 2 aromatic rings. The van der Waals surface area contributed by atoms with Crippen molar-refractivity contribution in [2.45, 2.75) is 25.7 Å². The Labute approximate surface area is 143 Å². The summed E-state index contributed by atoms with van der Waals surface area (Å²) in [7, 11) is 0. The molecule has 1 aromatic carbocycles. The normalized spacial score (nSPS) is 17.5. The maximum absolute atomic E-state index is 12.9. The topological polar surface area (TPSA) is 86.0 Å². The zero-order valence-electron chi connectivity index (χ0n) is 13.8. The summed E-state index contributed by atoms with van der Waals surface area (Å²) < 4.78 is 12.9. The number of nitrogens with one attached hydrogen (secondary N) is 2. The number of halogens is 1. The van der Waals surface area contributed by atoms with E-state index in [9.17, 15) is 18.8 Å². The molecular weight excluding hydrogens is 325 g/mol. The van der Waals surface area contributed by atoms with Crippen molar-refractivity contribution in [3.05, 3.63) is 68.2 Å². The number of carbonyl (C=O) groups is 1. The van der Waals surface area contributed by atoms with Crippen molar-refractivity contribution in [2.75, 3.05) is 13.1 Å². The Bertz CT molecular complexity index is 829. The van der Waals surface area contributed by atoms with Crippen LogP contribution in [0.4, 0.5) is 4.39 Å². The van der Waals surface area contributed by atoms with E-state index in [0.717, 1.165) is 37.3 Å². The molecule has 1 aliphatic rings. The van der Waals surface area contributed by atoms with Crippen molar-refractivity contribution in [2.24, 2.45) is 5.92 Å². The monoisotopic (exact) mass is 345 g/mol. The van der Waals surface area contributed by atoms with E-state index in [-0.39, 0.29) is 17.4 Å². The Balaban J connectivity index is 1.62. The number of aryl methyl sites for hydroxylation is 1. The molecule has 25 heavy (non-hydrogen) atoms. The van der Waals surface area contributed by atoms with Gasteiger partial charge in [-0.3, -0.25) is 14.6 Å². The quantitative estimate of drug-likeness (QED) is 0.884. The first-order valence-corrected chi connectivity index (χ1v) is 8.38. The van der Waals surface area contributed by atoms with Gasteiger partial charge in [-0.25, -0.2) is 9.18 Å². The van der Waals surface area contributed by atoms with Gasteiger partial charge in [0.05, 0.1) is 0 Å². The maximum Gasteiger partial charge on any atom is 0.326 e. The van der Waals surface area contributed by atoms with Crippen LogP contribution in [0, 0.1) is 11.7 Å². The molecule has 0 radical (unpaired) electrons. The summed E-state index contributed by atoms with van der Waals surface area (Å²) in [4.78, 5) is 41.4. The largest absolute Gasteiger partial charge is 0.337 e. The number of rotatable bonds is 4.